The van der Waals surface area contributed by atoms with Crippen LogP contribution in [0.15, 0.2) is 53.4 Å². The molecule has 1 fully saturated rings. The summed E-state index contributed by atoms with van der Waals surface area (Å²) in [6, 6.07) is 13.3. The number of rotatable bonds is 9. The second-order valence-corrected chi connectivity index (χ2v) is 9.18. The number of carbonyl (C=O) groups excluding carboxylic acids is 1. The Morgan fingerprint density at radius 2 is 1.83 bits per heavy atom. The number of ether oxygens (including phenoxy) is 2. The van der Waals surface area contributed by atoms with Crippen LogP contribution in [-0.4, -0.2) is 58.1 Å². The molecule has 30 heavy (non-hydrogen) atoms. The monoisotopic (exact) mass is 452 g/mol. The molecule has 1 aliphatic heterocycles. The normalized spacial score (nSPS) is 15.0. The average molecular weight is 453 g/mol. The van der Waals surface area contributed by atoms with Crippen LogP contribution < -0.4 is 10.1 Å². The number of carbonyl (C=O) groups is 1. The van der Waals surface area contributed by atoms with Crippen LogP contribution in [0.2, 0.25) is 5.02 Å². The van der Waals surface area contributed by atoms with Crippen LogP contribution in [0.4, 0.5) is 0 Å². The minimum atomic E-state index is -3.63. The summed E-state index contributed by atoms with van der Waals surface area (Å²) in [5, 5.41) is 3.48. The Labute approximate surface area is 182 Å². The lowest BCUT2D eigenvalue weighted by atomic mass is 10.2. The van der Waals surface area contributed by atoms with E-state index in [1.807, 2.05) is 12.1 Å². The first kappa shape index (κ1) is 22.6. The van der Waals surface area contributed by atoms with Gasteiger partial charge >= 0.3 is 0 Å². The number of benzene rings is 2. The lowest BCUT2D eigenvalue weighted by Gasteiger charge is -2.26. The van der Waals surface area contributed by atoms with Gasteiger partial charge in [-0.25, -0.2) is 8.42 Å². The van der Waals surface area contributed by atoms with Crippen molar-refractivity contribution < 1.29 is 22.7 Å². The van der Waals surface area contributed by atoms with Crippen LogP contribution in [0.5, 0.6) is 5.75 Å². The van der Waals surface area contributed by atoms with E-state index in [0.29, 0.717) is 50.0 Å². The third-order valence-electron chi connectivity index (χ3n) is 4.64. The van der Waals surface area contributed by atoms with Gasteiger partial charge in [0.2, 0.25) is 10.0 Å². The summed E-state index contributed by atoms with van der Waals surface area (Å²) in [6.45, 7) is 2.39. The minimum Gasteiger partial charge on any atom is -0.494 e. The number of nitrogens with zero attached hydrogens (tertiary/aromatic N) is 1. The zero-order valence-corrected chi connectivity index (χ0v) is 18.1. The van der Waals surface area contributed by atoms with Crippen LogP contribution in [0.3, 0.4) is 0 Å². The molecule has 0 saturated carbocycles. The van der Waals surface area contributed by atoms with E-state index in [4.69, 9.17) is 21.1 Å². The average Bonchev–Trinajstić information content (AvgIpc) is 2.78. The van der Waals surface area contributed by atoms with Gasteiger partial charge in [-0.1, -0.05) is 17.7 Å². The fourth-order valence-corrected chi connectivity index (χ4v) is 4.57. The zero-order valence-electron chi connectivity index (χ0n) is 16.6. The second-order valence-electron chi connectivity index (χ2n) is 6.81. The van der Waals surface area contributed by atoms with E-state index in [1.54, 1.807) is 24.3 Å². The lowest BCUT2D eigenvalue weighted by molar-refractivity contribution is 0.0730. The highest BCUT2D eigenvalue weighted by Gasteiger charge is 2.26. The molecule has 162 valence electrons. The Morgan fingerprint density at radius 1 is 1.10 bits per heavy atom. The molecule has 0 bridgehead atoms. The van der Waals surface area contributed by atoms with Crippen LogP contribution in [-0.2, 0) is 14.8 Å². The number of hydrogen-bond donors (Lipinski definition) is 1. The lowest BCUT2D eigenvalue weighted by Crippen LogP contribution is -2.40. The van der Waals surface area contributed by atoms with Gasteiger partial charge in [-0.05, 0) is 55.3 Å². The van der Waals surface area contributed by atoms with Crippen molar-refractivity contribution in [3.05, 3.63) is 59.1 Å². The quantitative estimate of drug-likeness (QED) is 0.591. The van der Waals surface area contributed by atoms with Crippen molar-refractivity contribution in [3.8, 4) is 5.75 Å². The van der Waals surface area contributed by atoms with Crippen LogP contribution in [0.25, 0.3) is 0 Å². The molecular formula is C21H25ClN2O5S. The van der Waals surface area contributed by atoms with Gasteiger partial charge in [0, 0.05) is 30.2 Å². The van der Waals surface area contributed by atoms with E-state index in [1.165, 1.54) is 16.4 Å². The fraction of sp³-hybridized carbons (Fsp3) is 0.381. The Bertz CT molecular complexity index is 944. The summed E-state index contributed by atoms with van der Waals surface area (Å²) in [7, 11) is -3.63. The number of nitrogens with one attached hydrogen (secondary N) is 1. The topological polar surface area (TPSA) is 84.9 Å². The van der Waals surface area contributed by atoms with E-state index in [2.05, 4.69) is 5.32 Å². The van der Waals surface area contributed by atoms with Gasteiger partial charge in [0.05, 0.1) is 24.7 Å². The van der Waals surface area contributed by atoms with E-state index < -0.39 is 10.0 Å². The van der Waals surface area contributed by atoms with Gasteiger partial charge in [0.25, 0.3) is 5.91 Å². The summed E-state index contributed by atoms with van der Waals surface area (Å²) < 4.78 is 37.7. The van der Waals surface area contributed by atoms with Gasteiger partial charge in [-0.2, -0.15) is 4.31 Å². The molecule has 1 aliphatic rings. The van der Waals surface area contributed by atoms with Crippen molar-refractivity contribution in [2.45, 2.75) is 17.7 Å². The molecule has 9 heteroatoms. The van der Waals surface area contributed by atoms with Crippen molar-refractivity contribution in [1.82, 2.24) is 9.62 Å². The molecule has 0 unspecified atom stereocenters. The SMILES string of the molecule is O=C(NCCCCOc1ccc(Cl)cc1)c1cccc(S(=O)(=O)N2CCOCC2)c1. The molecule has 7 nitrogen and oxygen atoms in total. The minimum absolute atomic E-state index is 0.119. The molecule has 1 heterocycles. The molecule has 0 aliphatic carbocycles. The predicted octanol–water partition coefficient (Wildman–Crippen LogP) is 2.95. The largest absolute Gasteiger partial charge is 0.494 e. The van der Waals surface area contributed by atoms with Gasteiger partial charge < -0.3 is 14.8 Å². The van der Waals surface area contributed by atoms with Gasteiger partial charge in [-0.3, -0.25) is 4.79 Å². The molecular weight excluding hydrogens is 428 g/mol. The highest BCUT2D eigenvalue weighted by Crippen LogP contribution is 2.18. The summed E-state index contributed by atoms with van der Waals surface area (Å²) in [5.41, 5.74) is 0.321. The highest BCUT2D eigenvalue weighted by molar-refractivity contribution is 7.89. The Hall–Kier alpha value is -2.13. The Kier molecular flexibility index (Phi) is 8.09. The Balaban J connectivity index is 1.45. The maximum absolute atomic E-state index is 12.7. The molecule has 1 amide bonds. The molecule has 1 saturated heterocycles. The third kappa shape index (κ3) is 6.18. The zero-order chi connectivity index (χ0) is 21.4. The van der Waals surface area contributed by atoms with Crippen LogP contribution >= 0.6 is 11.6 Å². The maximum atomic E-state index is 12.7. The van der Waals surface area contributed by atoms with E-state index in [9.17, 15) is 13.2 Å². The number of sulfonamides is 1. The van der Waals surface area contributed by atoms with Crippen molar-refractivity contribution in [2.75, 3.05) is 39.5 Å². The summed E-state index contributed by atoms with van der Waals surface area (Å²) in [4.78, 5) is 12.5. The van der Waals surface area contributed by atoms with Gasteiger partial charge in [0.1, 0.15) is 5.75 Å². The molecule has 0 aromatic heterocycles. The number of unbranched alkanes of at least 4 members (excludes halogenated alkanes) is 1. The number of halogens is 1. The molecule has 0 radical (unpaired) electrons. The number of amides is 1. The molecule has 3 rings (SSSR count). The molecule has 0 spiro atoms. The summed E-state index contributed by atoms with van der Waals surface area (Å²) in [5.74, 6) is 0.453. The molecule has 1 N–H and O–H groups in total. The van der Waals surface area contributed by atoms with E-state index in [-0.39, 0.29) is 10.8 Å². The third-order valence-corrected chi connectivity index (χ3v) is 6.79. The van der Waals surface area contributed by atoms with E-state index in [0.717, 1.165) is 18.6 Å². The Morgan fingerprint density at radius 3 is 2.57 bits per heavy atom. The van der Waals surface area contributed by atoms with E-state index >= 15 is 0 Å². The first-order valence-electron chi connectivity index (χ1n) is 9.81. The summed E-state index contributed by atoms with van der Waals surface area (Å²) in [6.07, 6.45) is 1.51. The predicted molar refractivity (Wildman–Crippen MR) is 115 cm³/mol. The first-order valence-corrected chi connectivity index (χ1v) is 11.6. The van der Waals surface area contributed by atoms with Crippen molar-refractivity contribution >= 4 is 27.5 Å². The molecule has 0 atom stereocenters. The number of hydrogen-bond acceptors (Lipinski definition) is 5. The molecule has 2 aromatic rings. The molecule has 2 aromatic carbocycles. The van der Waals surface area contributed by atoms with Gasteiger partial charge in [-0.15, -0.1) is 0 Å². The first-order chi connectivity index (χ1) is 14.5. The van der Waals surface area contributed by atoms with Crippen molar-refractivity contribution in [2.24, 2.45) is 0 Å². The fourth-order valence-electron chi connectivity index (χ4n) is 2.99. The van der Waals surface area contributed by atoms with Crippen molar-refractivity contribution in [1.29, 1.82) is 0 Å². The number of morpholine rings is 1. The van der Waals surface area contributed by atoms with Gasteiger partial charge in [0.15, 0.2) is 0 Å². The highest BCUT2D eigenvalue weighted by atomic mass is 35.5. The van der Waals surface area contributed by atoms with Crippen LogP contribution in [0.1, 0.15) is 23.2 Å². The summed E-state index contributed by atoms with van der Waals surface area (Å²) >= 11 is 5.83. The van der Waals surface area contributed by atoms with Crippen molar-refractivity contribution in [3.63, 3.8) is 0 Å². The second kappa shape index (κ2) is 10.8. The maximum Gasteiger partial charge on any atom is 0.251 e. The smallest absolute Gasteiger partial charge is 0.251 e. The standard InChI is InChI=1S/C21H25ClN2O5S/c22-18-6-8-19(9-7-18)29-13-2-1-10-23-21(25)17-4-3-5-20(16-17)30(26,27)24-11-14-28-15-12-24/h3-9,16H,1-2,10-15H2,(H,23,25). The van der Waals surface area contributed by atoms with Crippen LogP contribution in [0, 0.1) is 0 Å².